The van der Waals surface area contributed by atoms with E-state index < -0.39 is 0 Å². The summed E-state index contributed by atoms with van der Waals surface area (Å²) in [5, 5.41) is 3.80. The summed E-state index contributed by atoms with van der Waals surface area (Å²) in [6, 6.07) is 0. The van der Waals surface area contributed by atoms with Crippen LogP contribution in [0.4, 0.5) is 0 Å². The molecule has 0 spiro atoms. The van der Waals surface area contributed by atoms with Crippen LogP contribution in [0.25, 0.3) is 0 Å². The van der Waals surface area contributed by atoms with Gasteiger partial charge in [0, 0.05) is 26.7 Å². The molecule has 0 heterocycles. The SMILES string of the molecule is C=CCN(CC=C)C(=S)NCCOC. The van der Waals surface area contributed by atoms with Gasteiger partial charge in [0.2, 0.25) is 0 Å². The average Bonchev–Trinajstić information content (AvgIpc) is 2.18. The molecule has 0 amide bonds. The highest BCUT2D eigenvalue weighted by atomic mass is 32.1. The van der Waals surface area contributed by atoms with Gasteiger partial charge in [-0.2, -0.15) is 0 Å². The van der Waals surface area contributed by atoms with Gasteiger partial charge in [0.05, 0.1) is 6.61 Å². The molecule has 0 aromatic heterocycles. The fourth-order valence-corrected chi connectivity index (χ4v) is 1.17. The second kappa shape index (κ2) is 8.72. The van der Waals surface area contributed by atoms with Crippen LogP contribution in [-0.4, -0.2) is 43.4 Å². The molecule has 0 aliphatic rings. The van der Waals surface area contributed by atoms with E-state index in [-0.39, 0.29) is 0 Å². The fraction of sp³-hybridized carbons (Fsp3) is 0.500. The number of hydrogen-bond donors (Lipinski definition) is 1. The largest absolute Gasteiger partial charge is 0.383 e. The molecule has 0 saturated carbocycles. The fourth-order valence-electron chi connectivity index (χ4n) is 0.924. The van der Waals surface area contributed by atoms with E-state index in [0.29, 0.717) is 11.7 Å². The zero-order valence-electron chi connectivity index (χ0n) is 8.66. The van der Waals surface area contributed by atoms with E-state index in [0.717, 1.165) is 19.6 Å². The molecule has 80 valence electrons. The average molecular weight is 214 g/mol. The molecule has 0 bridgehead atoms. The third kappa shape index (κ3) is 5.72. The van der Waals surface area contributed by atoms with Crippen molar-refractivity contribution >= 4 is 17.3 Å². The summed E-state index contributed by atoms with van der Waals surface area (Å²) >= 11 is 5.18. The van der Waals surface area contributed by atoms with Crippen LogP contribution in [0.3, 0.4) is 0 Å². The molecule has 0 aliphatic heterocycles. The summed E-state index contributed by atoms with van der Waals surface area (Å²) in [5.41, 5.74) is 0. The molecule has 1 N–H and O–H groups in total. The molecule has 0 aliphatic carbocycles. The first-order valence-electron chi connectivity index (χ1n) is 4.49. The third-order valence-electron chi connectivity index (χ3n) is 1.57. The number of nitrogens with zero attached hydrogens (tertiary/aromatic N) is 1. The molecule has 0 radical (unpaired) electrons. The second-order valence-electron chi connectivity index (χ2n) is 2.71. The molecular weight excluding hydrogens is 196 g/mol. The zero-order chi connectivity index (χ0) is 10.8. The van der Waals surface area contributed by atoms with Gasteiger partial charge in [0.25, 0.3) is 0 Å². The van der Waals surface area contributed by atoms with Crippen molar-refractivity contribution in [1.82, 2.24) is 10.2 Å². The zero-order valence-corrected chi connectivity index (χ0v) is 9.48. The van der Waals surface area contributed by atoms with Crippen molar-refractivity contribution in [2.24, 2.45) is 0 Å². The van der Waals surface area contributed by atoms with Gasteiger partial charge in [0.15, 0.2) is 5.11 Å². The molecule has 0 fully saturated rings. The first kappa shape index (κ1) is 13.1. The molecule has 0 atom stereocenters. The summed E-state index contributed by atoms with van der Waals surface area (Å²) in [6.07, 6.45) is 3.63. The maximum Gasteiger partial charge on any atom is 0.169 e. The lowest BCUT2D eigenvalue weighted by molar-refractivity contribution is 0.203. The summed E-state index contributed by atoms with van der Waals surface area (Å²) in [6.45, 7) is 10.2. The quantitative estimate of drug-likeness (QED) is 0.391. The third-order valence-corrected chi connectivity index (χ3v) is 1.97. The predicted molar refractivity (Wildman–Crippen MR) is 64.4 cm³/mol. The highest BCUT2D eigenvalue weighted by molar-refractivity contribution is 7.80. The Bertz CT molecular complexity index is 185. The maximum atomic E-state index is 5.18. The van der Waals surface area contributed by atoms with Gasteiger partial charge in [-0.3, -0.25) is 0 Å². The van der Waals surface area contributed by atoms with E-state index >= 15 is 0 Å². The van der Waals surface area contributed by atoms with Crippen molar-refractivity contribution in [2.45, 2.75) is 0 Å². The number of thiocarbonyl (C=S) groups is 1. The Hall–Kier alpha value is -0.870. The van der Waals surface area contributed by atoms with E-state index in [1.165, 1.54) is 0 Å². The molecule has 4 heteroatoms. The van der Waals surface area contributed by atoms with Gasteiger partial charge in [0.1, 0.15) is 0 Å². The number of methoxy groups -OCH3 is 1. The van der Waals surface area contributed by atoms with Crippen LogP contribution in [0.15, 0.2) is 25.3 Å². The molecular formula is C10H18N2OS. The second-order valence-corrected chi connectivity index (χ2v) is 3.09. The standard InChI is InChI=1S/C10H18N2OS/c1-4-7-12(8-5-2)10(14)11-6-9-13-3/h4-5H,1-2,6-9H2,3H3,(H,11,14). The number of nitrogens with one attached hydrogen (secondary N) is 1. The molecule has 0 rings (SSSR count). The van der Waals surface area contributed by atoms with Gasteiger partial charge >= 0.3 is 0 Å². The number of ether oxygens (including phenoxy) is 1. The number of hydrogen-bond acceptors (Lipinski definition) is 2. The first-order valence-corrected chi connectivity index (χ1v) is 4.90. The molecule has 14 heavy (non-hydrogen) atoms. The van der Waals surface area contributed by atoms with Crippen molar-refractivity contribution in [1.29, 1.82) is 0 Å². The summed E-state index contributed by atoms with van der Waals surface area (Å²) in [4.78, 5) is 1.98. The van der Waals surface area contributed by atoms with Gasteiger partial charge < -0.3 is 15.0 Å². The molecule has 0 unspecified atom stereocenters. The Balaban J connectivity index is 3.87. The predicted octanol–water partition coefficient (Wildman–Crippen LogP) is 1.18. The van der Waals surface area contributed by atoms with Crippen LogP contribution in [-0.2, 0) is 4.74 Å². The maximum absolute atomic E-state index is 5.18. The molecule has 3 nitrogen and oxygen atoms in total. The van der Waals surface area contributed by atoms with E-state index in [2.05, 4.69) is 18.5 Å². The smallest absolute Gasteiger partial charge is 0.169 e. The normalized spacial score (nSPS) is 9.21. The Morgan fingerprint density at radius 3 is 2.43 bits per heavy atom. The van der Waals surface area contributed by atoms with Crippen LogP contribution in [0.2, 0.25) is 0 Å². The van der Waals surface area contributed by atoms with E-state index in [4.69, 9.17) is 17.0 Å². The van der Waals surface area contributed by atoms with Crippen LogP contribution < -0.4 is 5.32 Å². The minimum Gasteiger partial charge on any atom is -0.383 e. The van der Waals surface area contributed by atoms with Crippen LogP contribution in [0.1, 0.15) is 0 Å². The Morgan fingerprint density at radius 1 is 1.43 bits per heavy atom. The first-order chi connectivity index (χ1) is 6.76. The summed E-state index contributed by atoms with van der Waals surface area (Å²) in [5.74, 6) is 0. The van der Waals surface area contributed by atoms with Crippen molar-refractivity contribution in [3.63, 3.8) is 0 Å². The molecule has 0 saturated heterocycles. The van der Waals surface area contributed by atoms with E-state index in [9.17, 15) is 0 Å². The lowest BCUT2D eigenvalue weighted by Gasteiger charge is -2.22. The topological polar surface area (TPSA) is 24.5 Å². The van der Waals surface area contributed by atoms with Crippen LogP contribution in [0, 0.1) is 0 Å². The van der Waals surface area contributed by atoms with Gasteiger partial charge in [-0.25, -0.2) is 0 Å². The minimum atomic E-state index is 0.649. The lowest BCUT2D eigenvalue weighted by Crippen LogP contribution is -2.41. The summed E-state index contributed by atoms with van der Waals surface area (Å²) in [7, 11) is 1.66. The van der Waals surface area contributed by atoms with Crippen LogP contribution >= 0.6 is 12.2 Å². The molecule has 0 aromatic carbocycles. The van der Waals surface area contributed by atoms with E-state index in [1.54, 1.807) is 7.11 Å². The summed E-state index contributed by atoms with van der Waals surface area (Å²) < 4.78 is 4.91. The highest BCUT2D eigenvalue weighted by Gasteiger charge is 2.04. The Morgan fingerprint density at radius 2 is 2.00 bits per heavy atom. The van der Waals surface area contributed by atoms with Crippen LogP contribution in [0.5, 0.6) is 0 Å². The van der Waals surface area contributed by atoms with Crippen molar-refractivity contribution < 1.29 is 4.74 Å². The monoisotopic (exact) mass is 214 g/mol. The Kier molecular flexibility index (Phi) is 8.17. The Labute approximate surface area is 91.4 Å². The molecule has 0 aromatic rings. The highest BCUT2D eigenvalue weighted by Crippen LogP contribution is 1.90. The van der Waals surface area contributed by atoms with Gasteiger partial charge in [-0.1, -0.05) is 12.2 Å². The van der Waals surface area contributed by atoms with Gasteiger partial charge in [-0.05, 0) is 12.2 Å². The van der Waals surface area contributed by atoms with Crippen molar-refractivity contribution in [2.75, 3.05) is 33.4 Å². The van der Waals surface area contributed by atoms with Crippen molar-refractivity contribution in [3.05, 3.63) is 25.3 Å². The number of rotatable bonds is 7. The van der Waals surface area contributed by atoms with Crippen molar-refractivity contribution in [3.8, 4) is 0 Å². The van der Waals surface area contributed by atoms with E-state index in [1.807, 2.05) is 17.1 Å². The minimum absolute atomic E-state index is 0.649. The van der Waals surface area contributed by atoms with Gasteiger partial charge in [-0.15, -0.1) is 13.2 Å². The lowest BCUT2D eigenvalue weighted by atomic mass is 10.5.